The minimum atomic E-state index is -0.448. The van der Waals surface area contributed by atoms with Gasteiger partial charge in [-0.3, -0.25) is 4.79 Å². The molecule has 0 aliphatic carbocycles. The molecule has 0 radical (unpaired) electrons. The summed E-state index contributed by atoms with van der Waals surface area (Å²) >= 11 is 0. The van der Waals surface area contributed by atoms with E-state index in [1.807, 2.05) is 0 Å². The molecule has 0 saturated heterocycles. The van der Waals surface area contributed by atoms with Crippen molar-refractivity contribution in [2.24, 2.45) is 0 Å². The maximum atomic E-state index is 11.4. The van der Waals surface area contributed by atoms with Crippen molar-refractivity contribution >= 4 is 17.6 Å². The molecule has 6 nitrogen and oxygen atoms in total. The Balaban J connectivity index is 2.38. The van der Waals surface area contributed by atoms with Crippen molar-refractivity contribution in [3.8, 4) is 5.75 Å². The van der Waals surface area contributed by atoms with Crippen LogP contribution in [-0.4, -0.2) is 37.8 Å². The van der Waals surface area contributed by atoms with Gasteiger partial charge in [-0.15, -0.1) is 0 Å². The molecule has 0 aromatic heterocycles. The highest BCUT2D eigenvalue weighted by Gasteiger charge is 2.09. The summed E-state index contributed by atoms with van der Waals surface area (Å²) < 4.78 is 9.19. The van der Waals surface area contributed by atoms with Crippen LogP contribution in [0.25, 0.3) is 0 Å². The molecule has 0 bridgehead atoms. The number of hydrogen-bond donors (Lipinski definition) is 2. The minimum absolute atomic E-state index is 0.0808. The van der Waals surface area contributed by atoms with Crippen LogP contribution in [0, 0.1) is 0 Å². The van der Waals surface area contributed by atoms with Gasteiger partial charge in [-0.2, -0.15) is 0 Å². The number of unbranched alkanes of at least 4 members (excludes halogenated alkanes) is 2. The standard InChI is InChI=1S/C15H21NO5/c1-20-14(18)6-4-3-5-9-16-12-10-11(15(19)21-2)7-8-13(12)17/h7-8,10,16-17H,3-6,9H2,1-2H3. The second kappa shape index (κ2) is 8.84. The lowest BCUT2D eigenvalue weighted by Crippen LogP contribution is -2.06. The first-order chi connectivity index (χ1) is 10.1. The highest BCUT2D eigenvalue weighted by Crippen LogP contribution is 2.24. The molecule has 1 rings (SSSR count). The number of carbonyl (C=O) groups is 2. The molecule has 1 aromatic rings. The predicted octanol–water partition coefficient (Wildman–Crippen LogP) is 2.32. The summed E-state index contributed by atoms with van der Waals surface area (Å²) in [5.74, 6) is -0.570. The smallest absolute Gasteiger partial charge is 0.337 e. The number of ether oxygens (including phenoxy) is 2. The van der Waals surface area contributed by atoms with Gasteiger partial charge in [0, 0.05) is 13.0 Å². The Bertz CT molecular complexity index is 487. The molecule has 0 heterocycles. The second-order valence-electron chi connectivity index (χ2n) is 4.54. The molecule has 116 valence electrons. The molecule has 0 saturated carbocycles. The van der Waals surface area contributed by atoms with Gasteiger partial charge in [0.2, 0.25) is 0 Å². The van der Waals surface area contributed by atoms with Crippen molar-refractivity contribution in [1.82, 2.24) is 0 Å². The summed E-state index contributed by atoms with van der Waals surface area (Å²) in [4.78, 5) is 22.3. The van der Waals surface area contributed by atoms with Crippen LogP contribution < -0.4 is 5.32 Å². The number of phenols is 1. The molecule has 0 aliphatic rings. The van der Waals surface area contributed by atoms with E-state index in [1.165, 1.54) is 26.4 Å². The summed E-state index contributed by atoms with van der Waals surface area (Å²) in [6.45, 7) is 0.638. The molecule has 6 heteroatoms. The maximum absolute atomic E-state index is 11.4. The van der Waals surface area contributed by atoms with E-state index in [1.54, 1.807) is 6.07 Å². The first-order valence-corrected chi connectivity index (χ1v) is 6.80. The number of hydrogen-bond acceptors (Lipinski definition) is 6. The van der Waals surface area contributed by atoms with Crippen molar-refractivity contribution in [3.63, 3.8) is 0 Å². The topological polar surface area (TPSA) is 84.9 Å². The zero-order valence-electron chi connectivity index (χ0n) is 12.3. The third kappa shape index (κ3) is 5.72. The monoisotopic (exact) mass is 295 g/mol. The van der Waals surface area contributed by atoms with E-state index in [9.17, 15) is 14.7 Å². The second-order valence-corrected chi connectivity index (χ2v) is 4.54. The largest absolute Gasteiger partial charge is 0.506 e. The predicted molar refractivity (Wildman–Crippen MR) is 78.4 cm³/mol. The van der Waals surface area contributed by atoms with Gasteiger partial charge < -0.3 is 19.9 Å². The van der Waals surface area contributed by atoms with E-state index in [4.69, 9.17) is 0 Å². The van der Waals surface area contributed by atoms with Crippen LogP contribution in [0.15, 0.2) is 18.2 Å². The van der Waals surface area contributed by atoms with Crippen molar-refractivity contribution in [2.75, 3.05) is 26.1 Å². The van der Waals surface area contributed by atoms with Gasteiger partial charge in [-0.25, -0.2) is 4.79 Å². The third-order valence-electron chi connectivity index (χ3n) is 3.02. The van der Waals surface area contributed by atoms with Gasteiger partial charge in [0.05, 0.1) is 25.5 Å². The van der Waals surface area contributed by atoms with Crippen LogP contribution in [0.1, 0.15) is 36.0 Å². The molecule has 0 atom stereocenters. The number of rotatable bonds is 8. The number of esters is 2. The third-order valence-corrected chi connectivity index (χ3v) is 3.02. The zero-order valence-corrected chi connectivity index (χ0v) is 12.3. The van der Waals surface area contributed by atoms with Crippen LogP contribution in [0.2, 0.25) is 0 Å². The van der Waals surface area contributed by atoms with Crippen LogP contribution in [0.5, 0.6) is 5.75 Å². The Morgan fingerprint density at radius 3 is 2.57 bits per heavy atom. The summed E-state index contributed by atoms with van der Waals surface area (Å²) in [6.07, 6.45) is 2.90. The summed E-state index contributed by atoms with van der Waals surface area (Å²) in [7, 11) is 2.69. The van der Waals surface area contributed by atoms with Gasteiger partial charge >= 0.3 is 11.9 Å². The van der Waals surface area contributed by atoms with Gasteiger partial charge in [0.15, 0.2) is 0 Å². The fourth-order valence-electron chi connectivity index (χ4n) is 1.82. The van der Waals surface area contributed by atoms with Crippen molar-refractivity contribution in [2.45, 2.75) is 25.7 Å². The van der Waals surface area contributed by atoms with E-state index in [-0.39, 0.29) is 11.7 Å². The number of benzene rings is 1. The Hall–Kier alpha value is -2.24. The average molecular weight is 295 g/mol. The normalized spacial score (nSPS) is 10.0. The lowest BCUT2D eigenvalue weighted by atomic mass is 10.1. The Morgan fingerprint density at radius 2 is 1.90 bits per heavy atom. The first-order valence-electron chi connectivity index (χ1n) is 6.80. The number of aromatic hydroxyl groups is 1. The van der Waals surface area contributed by atoms with Gasteiger partial charge in [0.1, 0.15) is 5.75 Å². The molecule has 21 heavy (non-hydrogen) atoms. The minimum Gasteiger partial charge on any atom is -0.506 e. The highest BCUT2D eigenvalue weighted by atomic mass is 16.5. The Kier molecular flexibility index (Phi) is 7.08. The summed E-state index contributed by atoms with van der Waals surface area (Å²) in [6, 6.07) is 4.50. The highest BCUT2D eigenvalue weighted by molar-refractivity contribution is 5.91. The van der Waals surface area contributed by atoms with E-state index in [0.29, 0.717) is 24.2 Å². The van der Waals surface area contributed by atoms with Crippen LogP contribution in [0.3, 0.4) is 0 Å². The van der Waals surface area contributed by atoms with E-state index in [2.05, 4.69) is 14.8 Å². The summed E-state index contributed by atoms with van der Waals surface area (Å²) in [5.41, 5.74) is 0.870. The van der Waals surface area contributed by atoms with Gasteiger partial charge in [0.25, 0.3) is 0 Å². The summed E-state index contributed by atoms with van der Waals surface area (Å²) in [5, 5.41) is 12.8. The van der Waals surface area contributed by atoms with E-state index < -0.39 is 5.97 Å². The van der Waals surface area contributed by atoms with Crippen LogP contribution in [-0.2, 0) is 14.3 Å². The molecule has 0 amide bonds. The lowest BCUT2D eigenvalue weighted by Gasteiger charge is -2.09. The van der Waals surface area contributed by atoms with Gasteiger partial charge in [-0.1, -0.05) is 6.42 Å². The molecule has 0 fully saturated rings. The van der Waals surface area contributed by atoms with Crippen molar-refractivity contribution in [3.05, 3.63) is 23.8 Å². The fourth-order valence-corrected chi connectivity index (χ4v) is 1.82. The molecule has 0 unspecified atom stereocenters. The van der Waals surface area contributed by atoms with Crippen LogP contribution >= 0.6 is 0 Å². The molecule has 0 spiro atoms. The number of nitrogens with one attached hydrogen (secondary N) is 1. The zero-order chi connectivity index (χ0) is 15.7. The number of carbonyl (C=O) groups excluding carboxylic acids is 2. The molecule has 0 aliphatic heterocycles. The van der Waals surface area contributed by atoms with E-state index in [0.717, 1.165) is 19.3 Å². The Morgan fingerprint density at radius 1 is 1.14 bits per heavy atom. The maximum Gasteiger partial charge on any atom is 0.337 e. The number of anilines is 1. The fraction of sp³-hybridized carbons (Fsp3) is 0.467. The lowest BCUT2D eigenvalue weighted by molar-refractivity contribution is -0.140. The van der Waals surface area contributed by atoms with Crippen LogP contribution in [0.4, 0.5) is 5.69 Å². The molecule has 1 aromatic carbocycles. The Labute approximate surface area is 124 Å². The SMILES string of the molecule is COC(=O)CCCCCNc1cc(C(=O)OC)ccc1O. The van der Waals surface area contributed by atoms with Crippen molar-refractivity contribution < 1.29 is 24.2 Å². The first kappa shape index (κ1) is 16.8. The number of methoxy groups -OCH3 is 2. The van der Waals surface area contributed by atoms with Crippen molar-refractivity contribution in [1.29, 1.82) is 0 Å². The molecular formula is C15H21NO5. The molecular weight excluding hydrogens is 274 g/mol. The quantitative estimate of drug-likeness (QED) is 0.435. The number of phenolic OH excluding ortho intramolecular Hbond substituents is 1. The molecule has 2 N–H and O–H groups in total. The van der Waals surface area contributed by atoms with Gasteiger partial charge in [-0.05, 0) is 31.0 Å². The average Bonchev–Trinajstić information content (AvgIpc) is 2.51. The van der Waals surface area contributed by atoms with E-state index >= 15 is 0 Å².